The second-order valence-electron chi connectivity index (χ2n) is 7.24. The molecule has 0 aliphatic heterocycles. The number of nitrogens with one attached hydrogen (secondary N) is 1. The summed E-state index contributed by atoms with van der Waals surface area (Å²) in [6.45, 7) is 4.84. The van der Waals surface area contributed by atoms with Crippen molar-refractivity contribution in [1.82, 2.24) is 10.3 Å². The molecule has 1 amide bonds. The largest absolute Gasteiger partial charge is 0.349 e. The number of halogens is 2. The van der Waals surface area contributed by atoms with Gasteiger partial charge >= 0.3 is 0 Å². The van der Waals surface area contributed by atoms with Gasteiger partial charge in [-0.25, -0.2) is 4.98 Å². The third-order valence-corrected chi connectivity index (χ3v) is 6.23. The lowest BCUT2D eigenvalue weighted by molar-refractivity contribution is -0.128. The van der Waals surface area contributed by atoms with E-state index >= 15 is 0 Å². The Kier molecular flexibility index (Phi) is 8.46. The van der Waals surface area contributed by atoms with Gasteiger partial charge in [-0.2, -0.15) is 0 Å². The molecule has 1 heterocycles. The van der Waals surface area contributed by atoms with Crippen molar-refractivity contribution in [1.29, 1.82) is 0 Å². The molecule has 2 saturated carbocycles. The molecule has 2 bridgehead atoms. The zero-order valence-electron chi connectivity index (χ0n) is 14.4. The quantitative estimate of drug-likeness (QED) is 0.814. The van der Waals surface area contributed by atoms with Crippen LogP contribution in [0.5, 0.6) is 0 Å². The highest BCUT2D eigenvalue weighted by molar-refractivity contribution is 7.09. The molecule has 2 aliphatic rings. The van der Waals surface area contributed by atoms with Crippen LogP contribution in [0.1, 0.15) is 62.6 Å². The Hall–Kier alpha value is -0.360. The Balaban J connectivity index is 0.00000144. The van der Waals surface area contributed by atoms with E-state index in [0.29, 0.717) is 30.3 Å². The molecule has 0 radical (unpaired) electrons. The van der Waals surface area contributed by atoms with Crippen molar-refractivity contribution in [2.75, 3.05) is 0 Å². The van der Waals surface area contributed by atoms with Crippen LogP contribution in [0.25, 0.3) is 0 Å². The average Bonchev–Trinajstić information content (AvgIpc) is 2.93. The maximum absolute atomic E-state index is 12.5. The summed E-state index contributed by atoms with van der Waals surface area (Å²) < 4.78 is 0. The molecule has 1 aromatic rings. The number of aromatic nitrogens is 1. The third kappa shape index (κ3) is 4.84. The molecule has 138 valence electrons. The van der Waals surface area contributed by atoms with Crippen molar-refractivity contribution >= 4 is 42.1 Å². The van der Waals surface area contributed by atoms with Crippen molar-refractivity contribution in [2.24, 2.45) is 23.5 Å². The predicted octanol–water partition coefficient (Wildman–Crippen LogP) is 3.88. The van der Waals surface area contributed by atoms with Gasteiger partial charge in [-0.15, -0.1) is 36.2 Å². The Morgan fingerprint density at radius 2 is 1.96 bits per heavy atom. The number of amides is 1. The van der Waals surface area contributed by atoms with Crippen LogP contribution in [0.4, 0.5) is 0 Å². The number of thiazole rings is 1. The topological polar surface area (TPSA) is 68.0 Å². The van der Waals surface area contributed by atoms with Gasteiger partial charge in [0.25, 0.3) is 0 Å². The number of hydrogen-bond acceptors (Lipinski definition) is 4. The fourth-order valence-corrected chi connectivity index (χ4v) is 4.88. The lowest BCUT2D eigenvalue weighted by Crippen LogP contribution is -2.49. The smallest absolute Gasteiger partial charge is 0.223 e. The Labute approximate surface area is 161 Å². The van der Waals surface area contributed by atoms with Gasteiger partial charge in [-0.05, 0) is 43.4 Å². The summed E-state index contributed by atoms with van der Waals surface area (Å²) in [6.07, 6.45) is 5.63. The summed E-state index contributed by atoms with van der Waals surface area (Å²) >= 11 is 1.64. The first kappa shape index (κ1) is 21.7. The van der Waals surface area contributed by atoms with Gasteiger partial charge in [0.1, 0.15) is 5.01 Å². The van der Waals surface area contributed by atoms with Gasteiger partial charge in [-0.1, -0.05) is 20.3 Å². The van der Waals surface area contributed by atoms with E-state index in [1.165, 1.54) is 19.3 Å². The third-order valence-electron chi connectivity index (χ3n) is 5.36. The molecule has 1 aromatic heterocycles. The summed E-state index contributed by atoms with van der Waals surface area (Å²) in [5, 5.41) is 6.19. The second kappa shape index (κ2) is 9.37. The molecule has 2 unspecified atom stereocenters. The molecule has 3 N–H and O–H groups in total. The number of carbonyl (C=O) groups is 1. The van der Waals surface area contributed by atoms with Gasteiger partial charge in [0, 0.05) is 17.3 Å². The molecule has 3 rings (SSSR count). The van der Waals surface area contributed by atoms with E-state index in [1.54, 1.807) is 11.3 Å². The molecule has 0 spiro atoms. The van der Waals surface area contributed by atoms with E-state index < -0.39 is 0 Å². The van der Waals surface area contributed by atoms with Gasteiger partial charge in [0.2, 0.25) is 5.91 Å². The minimum Gasteiger partial charge on any atom is -0.349 e. The van der Waals surface area contributed by atoms with Crippen molar-refractivity contribution < 1.29 is 4.79 Å². The molecule has 2 fully saturated rings. The van der Waals surface area contributed by atoms with Crippen LogP contribution in [-0.2, 0) is 11.3 Å². The minimum absolute atomic E-state index is 0. The SMILES string of the molecule is CC(C)c1csc(CNC(=O)C2CC3CCCC(C2)C3N)n1.Cl.Cl. The predicted molar refractivity (Wildman–Crippen MR) is 104 cm³/mol. The molecule has 24 heavy (non-hydrogen) atoms. The lowest BCUT2D eigenvalue weighted by Gasteiger charge is -2.43. The minimum atomic E-state index is 0. The Morgan fingerprint density at radius 1 is 1.33 bits per heavy atom. The highest BCUT2D eigenvalue weighted by Crippen LogP contribution is 2.41. The van der Waals surface area contributed by atoms with Crippen LogP contribution < -0.4 is 11.1 Å². The molecule has 0 saturated heterocycles. The molecular formula is C17H29Cl2N3OS. The first-order chi connectivity index (χ1) is 10.5. The standard InChI is InChI=1S/C17H27N3OS.2ClH/c1-10(2)14-9-22-15(20-14)8-19-17(21)13-6-11-4-3-5-12(7-13)16(11)18;;/h9-13,16H,3-8,18H2,1-2H3,(H,19,21);2*1H. The molecule has 0 aromatic carbocycles. The lowest BCUT2D eigenvalue weighted by atomic mass is 9.65. The highest BCUT2D eigenvalue weighted by Gasteiger charge is 2.40. The molecular weight excluding hydrogens is 365 g/mol. The normalized spacial score (nSPS) is 28.7. The van der Waals surface area contributed by atoms with Crippen LogP contribution in [0.2, 0.25) is 0 Å². The number of carbonyl (C=O) groups excluding carboxylic acids is 1. The van der Waals surface area contributed by atoms with Gasteiger partial charge in [0.05, 0.1) is 12.2 Å². The monoisotopic (exact) mass is 393 g/mol. The van der Waals surface area contributed by atoms with E-state index in [2.05, 4.69) is 29.5 Å². The number of nitrogens with zero attached hydrogens (tertiary/aromatic N) is 1. The fraction of sp³-hybridized carbons (Fsp3) is 0.765. The van der Waals surface area contributed by atoms with Crippen LogP contribution in [0, 0.1) is 17.8 Å². The van der Waals surface area contributed by atoms with Crippen LogP contribution >= 0.6 is 36.2 Å². The van der Waals surface area contributed by atoms with Gasteiger partial charge in [0.15, 0.2) is 0 Å². The zero-order chi connectivity index (χ0) is 15.7. The van der Waals surface area contributed by atoms with Crippen LogP contribution in [0.3, 0.4) is 0 Å². The summed E-state index contributed by atoms with van der Waals surface area (Å²) in [5.74, 6) is 1.90. The van der Waals surface area contributed by atoms with E-state index in [4.69, 9.17) is 5.73 Å². The van der Waals surface area contributed by atoms with Crippen molar-refractivity contribution in [3.63, 3.8) is 0 Å². The number of nitrogens with two attached hydrogens (primary N) is 1. The maximum atomic E-state index is 12.5. The molecule has 2 aliphatic carbocycles. The zero-order valence-corrected chi connectivity index (χ0v) is 16.8. The van der Waals surface area contributed by atoms with Gasteiger partial charge in [-0.3, -0.25) is 4.79 Å². The molecule has 7 heteroatoms. The average molecular weight is 394 g/mol. The summed E-state index contributed by atoms with van der Waals surface area (Å²) in [5.41, 5.74) is 7.42. The maximum Gasteiger partial charge on any atom is 0.223 e. The number of hydrogen-bond donors (Lipinski definition) is 2. The molecule has 4 nitrogen and oxygen atoms in total. The number of fused-ring (bicyclic) bond motifs is 2. The van der Waals surface area contributed by atoms with Crippen molar-refractivity contribution in [3.05, 3.63) is 16.1 Å². The van der Waals surface area contributed by atoms with E-state index in [0.717, 1.165) is 23.5 Å². The first-order valence-electron chi connectivity index (χ1n) is 8.52. The number of rotatable bonds is 4. The Bertz CT molecular complexity index is 524. The van der Waals surface area contributed by atoms with E-state index in [-0.39, 0.29) is 36.6 Å². The van der Waals surface area contributed by atoms with E-state index in [1.807, 2.05) is 0 Å². The van der Waals surface area contributed by atoms with Crippen LogP contribution in [0.15, 0.2) is 5.38 Å². The second-order valence-corrected chi connectivity index (χ2v) is 8.18. The van der Waals surface area contributed by atoms with Crippen molar-refractivity contribution in [2.45, 2.75) is 64.5 Å². The first-order valence-corrected chi connectivity index (χ1v) is 9.40. The van der Waals surface area contributed by atoms with Crippen molar-refractivity contribution in [3.8, 4) is 0 Å². The summed E-state index contributed by atoms with van der Waals surface area (Å²) in [4.78, 5) is 17.1. The van der Waals surface area contributed by atoms with E-state index in [9.17, 15) is 4.79 Å². The van der Waals surface area contributed by atoms with Gasteiger partial charge < -0.3 is 11.1 Å². The molecule has 2 atom stereocenters. The van der Waals surface area contributed by atoms with Crippen LogP contribution in [-0.4, -0.2) is 16.9 Å². The Morgan fingerprint density at radius 3 is 2.50 bits per heavy atom. The summed E-state index contributed by atoms with van der Waals surface area (Å²) in [7, 11) is 0. The summed E-state index contributed by atoms with van der Waals surface area (Å²) in [6, 6.07) is 0.324. The fourth-order valence-electron chi connectivity index (χ4n) is 3.98. The highest BCUT2D eigenvalue weighted by atomic mass is 35.5.